The molecule has 8 heteroatoms. The van der Waals surface area contributed by atoms with Crippen molar-refractivity contribution in [2.45, 2.75) is 37.9 Å². The third-order valence-electron chi connectivity index (χ3n) is 6.68. The number of rotatable bonds is 10. The molecule has 1 aromatic heterocycles. The first-order valence-corrected chi connectivity index (χ1v) is 12.6. The van der Waals surface area contributed by atoms with Crippen LogP contribution in [0.2, 0.25) is 0 Å². The lowest BCUT2D eigenvalue weighted by Crippen LogP contribution is -2.42. The summed E-state index contributed by atoms with van der Waals surface area (Å²) in [5.41, 5.74) is 2.71. The first kappa shape index (κ1) is 25.4. The second kappa shape index (κ2) is 11.8. The number of carbonyl (C=O) groups is 2. The largest absolute Gasteiger partial charge is 0.457 e. The number of amides is 1. The summed E-state index contributed by atoms with van der Waals surface area (Å²) in [6, 6.07) is 22.6. The van der Waals surface area contributed by atoms with Gasteiger partial charge in [-0.2, -0.15) is 0 Å². The highest BCUT2D eigenvalue weighted by Gasteiger charge is 2.39. The van der Waals surface area contributed by atoms with Crippen LogP contribution in [-0.2, 0) is 29.0 Å². The number of Topliss-reactive ketones (excluding diaryl/α,β-unsaturated/α-hetero) is 1. The molecular formula is C30H29FN4O3. The van der Waals surface area contributed by atoms with Gasteiger partial charge in [-0.15, -0.1) is 0 Å². The van der Waals surface area contributed by atoms with Crippen molar-refractivity contribution in [3.63, 3.8) is 0 Å². The summed E-state index contributed by atoms with van der Waals surface area (Å²) in [5, 5.41) is 3.52. The average Bonchev–Trinajstić information content (AvgIpc) is 3.61. The van der Waals surface area contributed by atoms with E-state index in [1.807, 2.05) is 30.3 Å². The molecule has 2 heterocycles. The molecule has 38 heavy (non-hydrogen) atoms. The van der Waals surface area contributed by atoms with Gasteiger partial charge < -0.3 is 19.9 Å². The quantitative estimate of drug-likeness (QED) is 0.328. The Morgan fingerprint density at radius 3 is 2.34 bits per heavy atom. The molecule has 1 amide bonds. The van der Waals surface area contributed by atoms with Crippen LogP contribution in [0.1, 0.15) is 23.2 Å². The van der Waals surface area contributed by atoms with E-state index in [0.717, 1.165) is 16.8 Å². The second-order valence-electron chi connectivity index (χ2n) is 9.46. The zero-order valence-electron chi connectivity index (χ0n) is 20.8. The monoisotopic (exact) mass is 512 g/mol. The molecule has 1 aliphatic rings. The third kappa shape index (κ3) is 6.52. The molecule has 4 aromatic rings. The Hall–Kier alpha value is -4.30. The summed E-state index contributed by atoms with van der Waals surface area (Å²) >= 11 is 0. The Bertz CT molecular complexity index is 1340. The fraction of sp³-hybridized carbons (Fsp3) is 0.233. The van der Waals surface area contributed by atoms with E-state index in [4.69, 9.17) is 4.74 Å². The highest BCUT2D eigenvalue weighted by atomic mass is 19.1. The van der Waals surface area contributed by atoms with Crippen molar-refractivity contribution in [2.24, 2.45) is 0 Å². The van der Waals surface area contributed by atoms with Crippen LogP contribution in [-0.4, -0.2) is 45.2 Å². The minimum Gasteiger partial charge on any atom is -0.457 e. The van der Waals surface area contributed by atoms with Gasteiger partial charge in [0.05, 0.1) is 18.8 Å². The smallest absolute Gasteiger partial charge is 0.229 e. The Kier molecular flexibility index (Phi) is 7.89. The number of hydrogen-bond acceptors (Lipinski definition) is 5. The Labute approximate surface area is 220 Å². The summed E-state index contributed by atoms with van der Waals surface area (Å²) in [4.78, 5) is 35.3. The summed E-state index contributed by atoms with van der Waals surface area (Å²) in [5.74, 6) is 0.698. The van der Waals surface area contributed by atoms with Crippen LogP contribution < -0.4 is 10.1 Å². The number of nitrogens with zero attached hydrogens (tertiary/aromatic N) is 2. The van der Waals surface area contributed by atoms with E-state index in [1.165, 1.54) is 12.1 Å². The van der Waals surface area contributed by atoms with Gasteiger partial charge in [0.15, 0.2) is 5.78 Å². The van der Waals surface area contributed by atoms with Crippen molar-refractivity contribution in [1.82, 2.24) is 20.2 Å². The van der Waals surface area contributed by atoms with Gasteiger partial charge in [-0.3, -0.25) is 9.59 Å². The molecule has 0 spiro atoms. The van der Waals surface area contributed by atoms with E-state index in [2.05, 4.69) is 27.4 Å². The van der Waals surface area contributed by atoms with Gasteiger partial charge in [0.25, 0.3) is 0 Å². The molecule has 1 saturated heterocycles. The maximum Gasteiger partial charge on any atom is 0.229 e. The number of benzene rings is 3. The third-order valence-corrected chi connectivity index (χ3v) is 6.68. The summed E-state index contributed by atoms with van der Waals surface area (Å²) in [7, 11) is 0. The standard InChI is InChI=1S/C30H29FN4O3/c31-23-8-12-27(13-9-23)38-26-10-6-21(7-11-26)14-29(36)28-15-25(33-17-22-4-2-1-3-5-22)19-35(28)30(37)16-24-18-32-20-34-24/h1-13,18,20,25,28,33H,14-17,19H2,(H,32,34)/t25-,28+/m1/s1. The van der Waals surface area contributed by atoms with Crippen LogP contribution in [0.4, 0.5) is 4.39 Å². The Morgan fingerprint density at radius 1 is 0.947 bits per heavy atom. The second-order valence-corrected chi connectivity index (χ2v) is 9.46. The molecular weight excluding hydrogens is 483 g/mol. The van der Waals surface area contributed by atoms with Crippen molar-refractivity contribution in [3.8, 4) is 11.5 Å². The Balaban J connectivity index is 1.24. The van der Waals surface area contributed by atoms with Crippen LogP contribution in [0.15, 0.2) is 91.4 Å². The fourth-order valence-electron chi connectivity index (χ4n) is 4.70. The number of likely N-dealkylation sites (tertiary alicyclic amines) is 1. The average molecular weight is 513 g/mol. The van der Waals surface area contributed by atoms with E-state index in [-0.39, 0.29) is 36.4 Å². The number of ketones is 1. The highest BCUT2D eigenvalue weighted by molar-refractivity contribution is 5.91. The molecule has 194 valence electrons. The van der Waals surface area contributed by atoms with Gasteiger partial charge >= 0.3 is 0 Å². The lowest BCUT2D eigenvalue weighted by Gasteiger charge is -2.23. The minimum atomic E-state index is -0.506. The maximum absolute atomic E-state index is 13.5. The van der Waals surface area contributed by atoms with Crippen molar-refractivity contribution < 1.29 is 18.7 Å². The van der Waals surface area contributed by atoms with E-state index in [9.17, 15) is 14.0 Å². The van der Waals surface area contributed by atoms with Crippen LogP contribution in [0.3, 0.4) is 0 Å². The lowest BCUT2D eigenvalue weighted by molar-refractivity contribution is -0.136. The molecule has 3 aromatic carbocycles. The molecule has 7 nitrogen and oxygen atoms in total. The molecule has 0 saturated carbocycles. The lowest BCUT2D eigenvalue weighted by atomic mass is 10.0. The topological polar surface area (TPSA) is 87.3 Å². The van der Waals surface area contributed by atoms with Crippen LogP contribution in [0.25, 0.3) is 0 Å². The highest BCUT2D eigenvalue weighted by Crippen LogP contribution is 2.25. The Morgan fingerprint density at radius 2 is 1.66 bits per heavy atom. The van der Waals surface area contributed by atoms with E-state index in [1.54, 1.807) is 41.7 Å². The normalized spacial score (nSPS) is 16.9. The minimum absolute atomic E-state index is 0.000764. The van der Waals surface area contributed by atoms with Crippen LogP contribution in [0, 0.1) is 5.82 Å². The van der Waals surface area contributed by atoms with Crippen LogP contribution >= 0.6 is 0 Å². The first-order chi connectivity index (χ1) is 18.5. The number of hydrogen-bond donors (Lipinski definition) is 2. The summed E-state index contributed by atoms with van der Waals surface area (Å²) in [6.45, 7) is 1.14. The SMILES string of the molecule is O=C(Cc1ccc(Oc2ccc(F)cc2)cc1)[C@@H]1C[C@@H](NCc2ccccc2)CN1C(=O)Cc1cnc[nH]1. The molecule has 2 N–H and O–H groups in total. The van der Waals surface area contributed by atoms with E-state index >= 15 is 0 Å². The van der Waals surface area contributed by atoms with Crippen molar-refractivity contribution in [1.29, 1.82) is 0 Å². The zero-order chi connectivity index (χ0) is 26.3. The molecule has 5 rings (SSSR count). The fourth-order valence-corrected chi connectivity index (χ4v) is 4.70. The van der Waals surface area contributed by atoms with Crippen LogP contribution in [0.5, 0.6) is 11.5 Å². The first-order valence-electron chi connectivity index (χ1n) is 12.6. The predicted molar refractivity (Wildman–Crippen MR) is 141 cm³/mol. The number of imidazole rings is 1. The number of nitrogens with one attached hydrogen (secondary N) is 2. The number of aromatic nitrogens is 2. The van der Waals surface area contributed by atoms with Gasteiger partial charge in [-0.05, 0) is 53.9 Å². The zero-order valence-corrected chi connectivity index (χ0v) is 20.8. The predicted octanol–water partition coefficient (Wildman–Crippen LogP) is 4.45. The molecule has 0 bridgehead atoms. The molecule has 0 radical (unpaired) electrons. The molecule has 2 atom stereocenters. The maximum atomic E-state index is 13.5. The van der Waals surface area contributed by atoms with Crippen molar-refractivity contribution in [3.05, 3.63) is 114 Å². The number of H-pyrrole nitrogens is 1. The number of carbonyl (C=O) groups excluding carboxylic acids is 2. The number of halogens is 1. The summed E-state index contributed by atoms with van der Waals surface area (Å²) in [6.07, 6.45) is 4.12. The number of aromatic amines is 1. The van der Waals surface area contributed by atoms with E-state index in [0.29, 0.717) is 31.0 Å². The van der Waals surface area contributed by atoms with Gasteiger partial charge in [0.2, 0.25) is 5.91 Å². The molecule has 0 unspecified atom stereocenters. The molecule has 0 aliphatic carbocycles. The van der Waals surface area contributed by atoms with Gasteiger partial charge in [0.1, 0.15) is 17.3 Å². The van der Waals surface area contributed by atoms with Gasteiger partial charge in [-0.1, -0.05) is 42.5 Å². The molecule has 1 fully saturated rings. The van der Waals surface area contributed by atoms with Crippen molar-refractivity contribution >= 4 is 11.7 Å². The number of ether oxygens (including phenoxy) is 1. The van der Waals surface area contributed by atoms with Gasteiger partial charge in [-0.25, -0.2) is 9.37 Å². The molecule has 1 aliphatic heterocycles. The van der Waals surface area contributed by atoms with Gasteiger partial charge in [0, 0.05) is 37.4 Å². The van der Waals surface area contributed by atoms with E-state index < -0.39 is 6.04 Å². The summed E-state index contributed by atoms with van der Waals surface area (Å²) < 4.78 is 18.9. The van der Waals surface area contributed by atoms with Crippen molar-refractivity contribution in [2.75, 3.05) is 6.54 Å².